The lowest BCUT2D eigenvalue weighted by Gasteiger charge is -2.47. The number of alkyl halides is 2. The maximum atomic E-state index is 13.6. The van der Waals surface area contributed by atoms with E-state index in [1.165, 1.54) is 41.9 Å². The second-order valence-electron chi connectivity index (χ2n) is 22.8. The summed E-state index contributed by atoms with van der Waals surface area (Å²) in [6.07, 6.45) is -3.17. The van der Waals surface area contributed by atoms with E-state index >= 15 is 0 Å². The molecule has 4 aromatic rings. The van der Waals surface area contributed by atoms with Crippen LogP contribution < -0.4 is 28.4 Å². The zero-order chi connectivity index (χ0) is 62.6. The van der Waals surface area contributed by atoms with Crippen molar-refractivity contribution in [2.24, 2.45) is 23.7 Å². The number of aliphatic hydroxyl groups excluding tert-OH is 2. The summed E-state index contributed by atoms with van der Waals surface area (Å²) in [6.45, 7) is 4.43. The normalized spacial score (nSPS) is 30.2. The van der Waals surface area contributed by atoms with Gasteiger partial charge in [0, 0.05) is 85.6 Å². The number of carbonyl (C=O) groups is 6. The molecule has 0 bridgehead atoms. The summed E-state index contributed by atoms with van der Waals surface area (Å²) in [5.41, 5.74) is 5.09. The first-order chi connectivity index (χ1) is 42.2. The maximum Gasteiger partial charge on any atom is 0.310 e. The molecule has 0 saturated carbocycles. The van der Waals surface area contributed by atoms with Crippen molar-refractivity contribution in [2.75, 3.05) is 54.2 Å². The largest absolute Gasteiger partial charge is 0.504 e. The number of carbonyl (C=O) groups excluding carboxylic acids is 6. The van der Waals surface area contributed by atoms with Crippen molar-refractivity contribution in [3.63, 3.8) is 0 Å². The molecular weight excluding hydrogens is 1290 g/mol. The van der Waals surface area contributed by atoms with Crippen molar-refractivity contribution in [1.82, 2.24) is 0 Å². The fourth-order valence-electron chi connectivity index (χ4n) is 14.1. The molecule has 12 rings (SSSR count). The van der Waals surface area contributed by atoms with E-state index in [2.05, 4.69) is 31.9 Å². The average molecular weight is 1350 g/mol. The summed E-state index contributed by atoms with van der Waals surface area (Å²) in [4.78, 5) is 73.7. The number of benzene rings is 4. The number of hydrogen-bond acceptors (Lipinski definition) is 24. The molecule has 4 fully saturated rings. The Kier molecular flexibility index (Phi) is 18.3. The van der Waals surface area contributed by atoms with Gasteiger partial charge in [0.2, 0.25) is 13.6 Å². The lowest BCUT2D eigenvalue weighted by atomic mass is 9.60. The van der Waals surface area contributed by atoms with Crippen LogP contribution >= 0.6 is 31.9 Å². The molecule has 26 heteroatoms. The van der Waals surface area contributed by atoms with Gasteiger partial charge in [-0.1, -0.05) is 31.9 Å². The van der Waals surface area contributed by atoms with Gasteiger partial charge in [-0.05, 0) is 88.3 Å². The molecule has 16 unspecified atom stereocenters. The molecular formula is C62H66Br2O24. The molecule has 6 heterocycles. The maximum absolute atomic E-state index is 13.6. The first kappa shape index (κ1) is 62.5. The molecule has 472 valence electrons. The molecule has 0 radical (unpaired) electrons. The van der Waals surface area contributed by atoms with Crippen molar-refractivity contribution in [2.45, 2.75) is 124 Å². The first-order valence-electron chi connectivity index (χ1n) is 28.6. The van der Waals surface area contributed by atoms with Crippen LogP contribution in [0.2, 0.25) is 0 Å². The van der Waals surface area contributed by atoms with Gasteiger partial charge in [0.05, 0.1) is 69.5 Å². The van der Waals surface area contributed by atoms with Gasteiger partial charge in [0.1, 0.15) is 37.6 Å². The van der Waals surface area contributed by atoms with Crippen molar-refractivity contribution >= 4 is 67.7 Å². The Bertz CT molecular complexity index is 3340. The molecule has 4 aromatic carbocycles. The highest BCUT2D eigenvalue weighted by Gasteiger charge is 2.59. The number of aromatic hydroxyl groups is 2. The SMILES string of the molecule is COc1cc(C2c3cc4c(cc3C(C3CC(Br)C(OC(C)=O)C(COC(C)=O)O3)C3COC(=O)C23)OCO4)cc(CO)c1O.COc1cc(C2c3cc4c(cc3C(C3OC(COC(C)=O)C(OC(C)=O)CC3Br)C3COC(=O)C23)OCO4)cc(CO)c1O. The topological polar surface area (TPSA) is 313 Å². The molecule has 4 saturated heterocycles. The summed E-state index contributed by atoms with van der Waals surface area (Å²) < 4.78 is 80.2. The second-order valence-corrected chi connectivity index (χ2v) is 25.1. The van der Waals surface area contributed by atoms with Crippen LogP contribution in [0.15, 0.2) is 48.5 Å². The second kappa shape index (κ2) is 25.8. The first-order valence-corrected chi connectivity index (χ1v) is 30.5. The number of esters is 6. The number of rotatable bonds is 14. The summed E-state index contributed by atoms with van der Waals surface area (Å²) >= 11 is 7.48. The highest BCUT2D eigenvalue weighted by molar-refractivity contribution is 9.09. The van der Waals surface area contributed by atoms with Crippen LogP contribution in [-0.2, 0) is 79.9 Å². The van der Waals surface area contributed by atoms with Crippen molar-refractivity contribution in [3.8, 4) is 46.0 Å². The fraction of sp³-hybridized carbons (Fsp3) is 0.516. The molecule has 0 aromatic heterocycles. The van der Waals surface area contributed by atoms with E-state index in [-0.39, 0.29) is 113 Å². The summed E-state index contributed by atoms with van der Waals surface area (Å²) in [5, 5.41) is 41.2. The minimum Gasteiger partial charge on any atom is -0.504 e. The third kappa shape index (κ3) is 11.9. The zero-order valence-corrected chi connectivity index (χ0v) is 51.8. The van der Waals surface area contributed by atoms with Crippen LogP contribution in [0.5, 0.6) is 46.0 Å². The van der Waals surface area contributed by atoms with Crippen LogP contribution in [0, 0.1) is 23.7 Å². The number of hydrogen-bond donors (Lipinski definition) is 4. The van der Waals surface area contributed by atoms with Gasteiger partial charge in [-0.15, -0.1) is 0 Å². The smallest absolute Gasteiger partial charge is 0.310 e. The van der Waals surface area contributed by atoms with Gasteiger partial charge in [-0.3, -0.25) is 28.8 Å². The van der Waals surface area contributed by atoms with Crippen molar-refractivity contribution in [1.29, 1.82) is 0 Å². The summed E-state index contributed by atoms with van der Waals surface area (Å²) in [6, 6.07) is 14.2. The predicted molar refractivity (Wildman–Crippen MR) is 308 cm³/mol. The Morgan fingerprint density at radius 2 is 0.989 bits per heavy atom. The molecule has 24 nitrogen and oxygen atoms in total. The van der Waals surface area contributed by atoms with Crippen molar-refractivity contribution < 1.29 is 116 Å². The van der Waals surface area contributed by atoms with Crippen LogP contribution in [0.4, 0.5) is 0 Å². The lowest BCUT2D eigenvalue weighted by molar-refractivity contribution is -0.184. The number of halogens is 2. The number of methoxy groups -OCH3 is 2. The summed E-state index contributed by atoms with van der Waals surface area (Å²) in [5.74, 6) is -4.47. The van der Waals surface area contributed by atoms with E-state index in [0.29, 0.717) is 47.0 Å². The van der Waals surface area contributed by atoms with Gasteiger partial charge in [-0.2, -0.15) is 0 Å². The van der Waals surface area contributed by atoms with Gasteiger partial charge in [0.15, 0.2) is 46.0 Å². The molecule has 0 spiro atoms. The van der Waals surface area contributed by atoms with Crippen LogP contribution in [-0.4, -0.2) is 157 Å². The number of fused-ring (bicyclic) bond motifs is 6. The Balaban J connectivity index is 0.000000182. The Labute approximate surface area is 521 Å². The third-order valence-electron chi connectivity index (χ3n) is 17.7. The standard InChI is InChI=1S/2C31H33BrO12/c1-13(34)39-11-25-30(43-14(2)35)20(32)8-23(44-25)27-18-7-22-21(41-12-42-22)6-17(18)26(28-19(27)10-40-31(28)37)15-4-16(9-33)29(36)24(5-15)38-3;1-13(34)39-11-25-23(43-14(2)35)8-20(32)30(44-25)27-18-7-22-21(41-12-42-22)6-17(18)26(28-19(27)10-40-31(28)37)15-4-16(9-33)29(36)24(5-15)38-3/h2*4-7,19-20,23,25-28,30,33,36H,8-12H2,1-3H3. The quantitative estimate of drug-likeness (QED) is 0.0628. The van der Waals surface area contributed by atoms with Crippen LogP contribution in [0.1, 0.15) is 109 Å². The molecule has 6 aliphatic heterocycles. The molecule has 8 aliphatic rings. The number of aliphatic hydroxyl groups is 2. The van der Waals surface area contributed by atoms with E-state index in [1.807, 2.05) is 24.3 Å². The molecule has 4 N–H and O–H groups in total. The highest BCUT2D eigenvalue weighted by Crippen LogP contribution is 2.60. The number of cyclic esters (lactones) is 2. The number of phenols is 2. The van der Waals surface area contributed by atoms with E-state index in [0.717, 1.165) is 22.3 Å². The Morgan fingerprint density at radius 3 is 1.44 bits per heavy atom. The zero-order valence-electron chi connectivity index (χ0n) is 48.6. The molecule has 2 aliphatic carbocycles. The van der Waals surface area contributed by atoms with Gasteiger partial charge >= 0.3 is 35.8 Å². The lowest BCUT2D eigenvalue weighted by Crippen LogP contribution is -2.53. The fourth-order valence-corrected chi connectivity index (χ4v) is 15.8. The summed E-state index contributed by atoms with van der Waals surface area (Å²) in [7, 11) is 2.84. The van der Waals surface area contributed by atoms with E-state index in [4.69, 9.17) is 66.3 Å². The Hall–Kier alpha value is -7.10. The van der Waals surface area contributed by atoms with E-state index in [1.54, 1.807) is 24.3 Å². The molecule has 88 heavy (non-hydrogen) atoms. The van der Waals surface area contributed by atoms with Crippen LogP contribution in [0.3, 0.4) is 0 Å². The van der Waals surface area contributed by atoms with E-state index < -0.39 is 103 Å². The highest BCUT2D eigenvalue weighted by atomic mass is 79.9. The molecule has 16 atom stereocenters. The van der Waals surface area contributed by atoms with E-state index in [9.17, 15) is 49.2 Å². The monoisotopic (exact) mass is 1350 g/mol. The van der Waals surface area contributed by atoms with Gasteiger partial charge in [-0.25, -0.2) is 0 Å². The Morgan fingerprint density at radius 1 is 0.534 bits per heavy atom. The van der Waals surface area contributed by atoms with Crippen LogP contribution in [0.25, 0.3) is 0 Å². The number of ether oxygens (including phenoxy) is 14. The minimum absolute atomic E-state index is 0.0413. The predicted octanol–water partition coefficient (Wildman–Crippen LogP) is 6.11. The van der Waals surface area contributed by atoms with Gasteiger partial charge in [0.25, 0.3) is 0 Å². The average Bonchev–Trinajstić information content (AvgIpc) is 1.36. The van der Waals surface area contributed by atoms with Gasteiger partial charge < -0.3 is 86.7 Å². The third-order valence-corrected chi connectivity index (χ3v) is 19.5. The van der Waals surface area contributed by atoms with Crippen molar-refractivity contribution in [3.05, 3.63) is 93.0 Å². The minimum atomic E-state index is -0.772. The molecule has 0 amide bonds.